The van der Waals surface area contributed by atoms with Crippen LogP contribution in [0, 0.1) is 5.92 Å². The average Bonchev–Trinajstić information content (AvgIpc) is 2.40. The quantitative estimate of drug-likeness (QED) is 0.912. The summed E-state index contributed by atoms with van der Waals surface area (Å²) in [6.07, 6.45) is 7.37. The molecule has 4 heteroatoms. The van der Waals surface area contributed by atoms with E-state index in [9.17, 15) is 4.79 Å². The summed E-state index contributed by atoms with van der Waals surface area (Å²) in [4.78, 5) is 18.7. The number of nitrogens with zero attached hydrogens (tertiary/aromatic N) is 2. The second kappa shape index (κ2) is 6.35. The van der Waals surface area contributed by atoms with Crippen LogP contribution in [0.3, 0.4) is 0 Å². The fraction of sp³-hybridized carbons (Fsp3) is 0.625. The molecule has 0 spiro atoms. The van der Waals surface area contributed by atoms with Crippen molar-refractivity contribution >= 4 is 5.91 Å². The molecule has 1 amide bonds. The van der Waals surface area contributed by atoms with Gasteiger partial charge < -0.3 is 5.32 Å². The zero-order valence-electron chi connectivity index (χ0n) is 11.9. The molecule has 0 unspecified atom stereocenters. The third kappa shape index (κ3) is 3.37. The number of amides is 1. The standard InChI is InChI=1S/C16H23N3O/c20-16(13-4-3-5-13)18-14-7-10-19(11-8-14)12-15-6-1-2-9-17-15/h1-2,6,9,13-14H,3-5,7-8,10-12H2,(H,18,20). The molecule has 1 aromatic heterocycles. The molecule has 1 N–H and O–H groups in total. The molecule has 20 heavy (non-hydrogen) atoms. The topological polar surface area (TPSA) is 45.2 Å². The largest absolute Gasteiger partial charge is 0.353 e. The van der Waals surface area contributed by atoms with Crippen molar-refractivity contribution in [2.24, 2.45) is 5.92 Å². The first-order valence-corrected chi connectivity index (χ1v) is 7.74. The van der Waals surface area contributed by atoms with Gasteiger partial charge in [-0.15, -0.1) is 0 Å². The molecule has 1 aromatic rings. The molecule has 1 aliphatic heterocycles. The third-order valence-corrected chi connectivity index (χ3v) is 4.52. The van der Waals surface area contributed by atoms with E-state index in [4.69, 9.17) is 0 Å². The zero-order chi connectivity index (χ0) is 13.8. The third-order valence-electron chi connectivity index (χ3n) is 4.52. The first-order chi connectivity index (χ1) is 9.81. The van der Waals surface area contributed by atoms with Crippen molar-refractivity contribution in [2.45, 2.75) is 44.7 Å². The van der Waals surface area contributed by atoms with E-state index in [1.54, 1.807) is 0 Å². The molecule has 0 atom stereocenters. The number of hydrogen-bond acceptors (Lipinski definition) is 3. The first kappa shape index (κ1) is 13.6. The van der Waals surface area contributed by atoms with Gasteiger partial charge in [0.2, 0.25) is 5.91 Å². The summed E-state index contributed by atoms with van der Waals surface area (Å²) >= 11 is 0. The van der Waals surface area contributed by atoms with Gasteiger partial charge in [-0.1, -0.05) is 12.5 Å². The summed E-state index contributed by atoms with van der Waals surface area (Å²) < 4.78 is 0. The number of aromatic nitrogens is 1. The van der Waals surface area contributed by atoms with E-state index in [1.807, 2.05) is 18.3 Å². The van der Waals surface area contributed by atoms with Crippen molar-refractivity contribution in [1.82, 2.24) is 15.2 Å². The van der Waals surface area contributed by atoms with Crippen LogP contribution in [0.25, 0.3) is 0 Å². The number of pyridine rings is 1. The van der Waals surface area contributed by atoms with Crippen molar-refractivity contribution in [3.63, 3.8) is 0 Å². The van der Waals surface area contributed by atoms with Gasteiger partial charge in [0.15, 0.2) is 0 Å². The number of likely N-dealkylation sites (tertiary alicyclic amines) is 1. The maximum Gasteiger partial charge on any atom is 0.223 e. The highest BCUT2D eigenvalue weighted by atomic mass is 16.2. The maximum absolute atomic E-state index is 11.9. The van der Waals surface area contributed by atoms with E-state index >= 15 is 0 Å². The Balaban J connectivity index is 1.41. The molecule has 4 nitrogen and oxygen atoms in total. The molecule has 3 rings (SSSR count). The van der Waals surface area contributed by atoms with Gasteiger partial charge in [-0.25, -0.2) is 0 Å². The smallest absolute Gasteiger partial charge is 0.223 e. The fourth-order valence-electron chi connectivity index (χ4n) is 2.95. The van der Waals surface area contributed by atoms with Crippen LogP contribution in [0.4, 0.5) is 0 Å². The summed E-state index contributed by atoms with van der Waals surface area (Å²) in [5.41, 5.74) is 1.13. The Morgan fingerprint density at radius 2 is 2.05 bits per heavy atom. The number of rotatable bonds is 4. The van der Waals surface area contributed by atoms with Crippen molar-refractivity contribution in [3.05, 3.63) is 30.1 Å². The minimum absolute atomic E-state index is 0.291. The summed E-state index contributed by atoms with van der Waals surface area (Å²) in [7, 11) is 0. The SMILES string of the molecule is O=C(NC1CCN(Cc2ccccn2)CC1)C1CCC1. The van der Waals surface area contributed by atoms with Crippen LogP contribution in [0.5, 0.6) is 0 Å². The van der Waals surface area contributed by atoms with Gasteiger partial charge in [0.1, 0.15) is 0 Å². The van der Waals surface area contributed by atoms with Crippen LogP contribution in [0.2, 0.25) is 0 Å². The van der Waals surface area contributed by atoms with Crippen LogP contribution < -0.4 is 5.32 Å². The summed E-state index contributed by atoms with van der Waals surface area (Å²) in [6, 6.07) is 6.44. The van der Waals surface area contributed by atoms with Crippen molar-refractivity contribution in [1.29, 1.82) is 0 Å². The molecule has 1 saturated heterocycles. The minimum Gasteiger partial charge on any atom is -0.353 e. The fourth-order valence-corrected chi connectivity index (χ4v) is 2.95. The molecule has 0 bridgehead atoms. The lowest BCUT2D eigenvalue weighted by Crippen LogP contribution is -2.47. The number of nitrogens with one attached hydrogen (secondary N) is 1. The normalized spacial score (nSPS) is 21.4. The Bertz CT molecular complexity index is 436. The highest BCUT2D eigenvalue weighted by molar-refractivity contribution is 5.79. The second-order valence-electron chi connectivity index (χ2n) is 6.01. The van der Waals surface area contributed by atoms with E-state index in [1.165, 1.54) is 6.42 Å². The van der Waals surface area contributed by atoms with E-state index in [-0.39, 0.29) is 0 Å². The van der Waals surface area contributed by atoms with Crippen molar-refractivity contribution in [3.8, 4) is 0 Å². The maximum atomic E-state index is 11.9. The molecule has 0 aromatic carbocycles. The van der Waals surface area contributed by atoms with E-state index in [0.29, 0.717) is 17.9 Å². The Kier molecular flexibility index (Phi) is 4.31. The molecule has 2 fully saturated rings. The number of piperidine rings is 1. The predicted octanol–water partition coefficient (Wildman–Crippen LogP) is 1.96. The van der Waals surface area contributed by atoms with Crippen LogP contribution in [-0.4, -0.2) is 34.9 Å². The molecular formula is C16H23N3O. The van der Waals surface area contributed by atoms with E-state index in [2.05, 4.69) is 21.3 Å². The van der Waals surface area contributed by atoms with Crippen LogP contribution in [0.1, 0.15) is 37.8 Å². The summed E-state index contributed by atoms with van der Waals surface area (Å²) in [5, 5.41) is 3.22. The molecule has 1 aliphatic carbocycles. The highest BCUT2D eigenvalue weighted by Crippen LogP contribution is 2.26. The van der Waals surface area contributed by atoms with Gasteiger partial charge >= 0.3 is 0 Å². The number of carbonyl (C=O) groups is 1. The zero-order valence-corrected chi connectivity index (χ0v) is 11.9. The summed E-state index contributed by atoms with van der Waals surface area (Å²) in [5.74, 6) is 0.598. The molecule has 2 heterocycles. The molecule has 0 radical (unpaired) electrons. The summed E-state index contributed by atoms with van der Waals surface area (Å²) in [6.45, 7) is 3.02. The molecule has 1 saturated carbocycles. The Labute approximate surface area is 120 Å². The molecule has 2 aliphatic rings. The van der Waals surface area contributed by atoms with E-state index in [0.717, 1.165) is 51.0 Å². The lowest BCUT2D eigenvalue weighted by molar-refractivity contribution is -0.128. The predicted molar refractivity (Wildman–Crippen MR) is 78.0 cm³/mol. The second-order valence-corrected chi connectivity index (χ2v) is 6.01. The van der Waals surface area contributed by atoms with Crippen LogP contribution >= 0.6 is 0 Å². The van der Waals surface area contributed by atoms with Crippen molar-refractivity contribution < 1.29 is 4.79 Å². The Hall–Kier alpha value is -1.42. The molecular weight excluding hydrogens is 250 g/mol. The van der Waals surface area contributed by atoms with Gasteiger partial charge in [0.25, 0.3) is 0 Å². The van der Waals surface area contributed by atoms with Crippen LogP contribution in [0.15, 0.2) is 24.4 Å². The lowest BCUT2D eigenvalue weighted by Gasteiger charge is -2.34. The number of carbonyl (C=O) groups excluding carboxylic acids is 1. The monoisotopic (exact) mass is 273 g/mol. The van der Waals surface area contributed by atoms with E-state index < -0.39 is 0 Å². The van der Waals surface area contributed by atoms with Crippen LogP contribution in [-0.2, 0) is 11.3 Å². The van der Waals surface area contributed by atoms with Crippen molar-refractivity contribution in [2.75, 3.05) is 13.1 Å². The number of hydrogen-bond donors (Lipinski definition) is 1. The average molecular weight is 273 g/mol. The van der Waals surface area contributed by atoms with Gasteiger partial charge in [-0.05, 0) is 37.8 Å². The minimum atomic E-state index is 0.291. The van der Waals surface area contributed by atoms with Gasteiger partial charge in [0, 0.05) is 37.8 Å². The molecule has 108 valence electrons. The Morgan fingerprint density at radius 1 is 1.25 bits per heavy atom. The lowest BCUT2D eigenvalue weighted by atomic mass is 9.84. The Morgan fingerprint density at radius 3 is 2.65 bits per heavy atom. The highest BCUT2D eigenvalue weighted by Gasteiger charge is 2.28. The van der Waals surface area contributed by atoms with Gasteiger partial charge in [-0.3, -0.25) is 14.7 Å². The van der Waals surface area contributed by atoms with Gasteiger partial charge in [-0.2, -0.15) is 0 Å². The first-order valence-electron chi connectivity index (χ1n) is 7.74. The van der Waals surface area contributed by atoms with Gasteiger partial charge in [0.05, 0.1) is 5.69 Å².